The third kappa shape index (κ3) is 4.02. The molecule has 1 fully saturated rings. The van der Waals surface area contributed by atoms with Gasteiger partial charge in [0.25, 0.3) is 5.91 Å². The SMILES string of the molecule is O=C(NCCCOCC1CC1)c1ccc2ccccc2n1. The van der Waals surface area contributed by atoms with Crippen LogP contribution in [0.3, 0.4) is 0 Å². The van der Waals surface area contributed by atoms with Crippen LogP contribution in [0.25, 0.3) is 10.9 Å². The lowest BCUT2D eigenvalue weighted by Gasteiger charge is -2.06. The van der Waals surface area contributed by atoms with Crippen LogP contribution in [0.5, 0.6) is 0 Å². The molecule has 1 amide bonds. The van der Waals surface area contributed by atoms with E-state index in [4.69, 9.17) is 4.74 Å². The fourth-order valence-electron chi connectivity index (χ4n) is 2.19. The molecule has 1 saturated carbocycles. The molecular weight excluding hydrogens is 264 g/mol. The smallest absolute Gasteiger partial charge is 0.269 e. The molecule has 0 aliphatic heterocycles. The van der Waals surface area contributed by atoms with Gasteiger partial charge in [-0.15, -0.1) is 0 Å². The van der Waals surface area contributed by atoms with Gasteiger partial charge in [-0.05, 0) is 37.3 Å². The summed E-state index contributed by atoms with van der Waals surface area (Å²) in [6.45, 7) is 2.21. The molecule has 4 heteroatoms. The molecular formula is C17H20N2O2. The molecule has 1 N–H and O–H groups in total. The quantitative estimate of drug-likeness (QED) is 0.795. The molecule has 0 bridgehead atoms. The van der Waals surface area contributed by atoms with Crippen molar-refractivity contribution in [2.75, 3.05) is 19.8 Å². The van der Waals surface area contributed by atoms with Crippen molar-refractivity contribution in [3.05, 3.63) is 42.1 Å². The number of ether oxygens (including phenoxy) is 1. The molecule has 0 saturated heterocycles. The predicted molar refractivity (Wildman–Crippen MR) is 82.2 cm³/mol. The summed E-state index contributed by atoms with van der Waals surface area (Å²) in [6.07, 6.45) is 3.46. The first-order valence-corrected chi connectivity index (χ1v) is 7.55. The molecule has 110 valence electrons. The van der Waals surface area contributed by atoms with Crippen molar-refractivity contribution in [2.45, 2.75) is 19.3 Å². The number of nitrogens with one attached hydrogen (secondary N) is 1. The zero-order valence-electron chi connectivity index (χ0n) is 12.0. The summed E-state index contributed by atoms with van der Waals surface area (Å²) in [5, 5.41) is 3.93. The lowest BCUT2D eigenvalue weighted by atomic mass is 10.2. The highest BCUT2D eigenvalue weighted by Gasteiger charge is 2.20. The number of pyridine rings is 1. The number of hydrogen-bond donors (Lipinski definition) is 1. The van der Waals surface area contributed by atoms with E-state index >= 15 is 0 Å². The van der Waals surface area contributed by atoms with Gasteiger partial charge in [0.05, 0.1) is 5.52 Å². The summed E-state index contributed by atoms with van der Waals surface area (Å²) >= 11 is 0. The minimum absolute atomic E-state index is 0.122. The van der Waals surface area contributed by atoms with Gasteiger partial charge in [0.1, 0.15) is 5.69 Å². The first kappa shape index (κ1) is 14.0. The summed E-state index contributed by atoms with van der Waals surface area (Å²) in [6, 6.07) is 11.5. The molecule has 21 heavy (non-hydrogen) atoms. The number of amides is 1. The Balaban J connectivity index is 1.44. The molecule has 2 aromatic rings. The number of para-hydroxylation sites is 1. The van der Waals surface area contributed by atoms with Gasteiger partial charge in [0, 0.05) is 25.1 Å². The number of carbonyl (C=O) groups excluding carboxylic acids is 1. The number of carbonyl (C=O) groups is 1. The Hall–Kier alpha value is -1.94. The van der Waals surface area contributed by atoms with Crippen LogP contribution in [0.4, 0.5) is 0 Å². The highest BCUT2D eigenvalue weighted by atomic mass is 16.5. The molecule has 0 spiro atoms. The fourth-order valence-corrected chi connectivity index (χ4v) is 2.19. The second kappa shape index (κ2) is 6.68. The average molecular weight is 284 g/mol. The van der Waals surface area contributed by atoms with Gasteiger partial charge in [-0.25, -0.2) is 4.98 Å². The van der Waals surface area contributed by atoms with E-state index in [2.05, 4.69) is 10.3 Å². The van der Waals surface area contributed by atoms with Crippen molar-refractivity contribution in [1.29, 1.82) is 0 Å². The molecule has 1 heterocycles. The maximum absolute atomic E-state index is 12.0. The first-order valence-electron chi connectivity index (χ1n) is 7.55. The van der Waals surface area contributed by atoms with Crippen LogP contribution in [-0.4, -0.2) is 30.6 Å². The fraction of sp³-hybridized carbons (Fsp3) is 0.412. The summed E-state index contributed by atoms with van der Waals surface area (Å²) in [7, 11) is 0. The molecule has 3 rings (SSSR count). The third-order valence-electron chi connectivity index (χ3n) is 3.63. The van der Waals surface area contributed by atoms with Crippen molar-refractivity contribution in [2.24, 2.45) is 5.92 Å². The summed E-state index contributed by atoms with van der Waals surface area (Å²) in [5.41, 5.74) is 1.31. The summed E-state index contributed by atoms with van der Waals surface area (Å²) in [5.74, 6) is 0.671. The minimum Gasteiger partial charge on any atom is -0.381 e. The Kier molecular flexibility index (Phi) is 4.46. The second-order valence-corrected chi connectivity index (χ2v) is 5.52. The van der Waals surface area contributed by atoms with Crippen LogP contribution in [0.15, 0.2) is 36.4 Å². The van der Waals surface area contributed by atoms with E-state index in [0.29, 0.717) is 18.8 Å². The maximum atomic E-state index is 12.0. The molecule has 0 radical (unpaired) electrons. The minimum atomic E-state index is -0.122. The van der Waals surface area contributed by atoms with Gasteiger partial charge in [-0.2, -0.15) is 0 Å². The molecule has 0 unspecified atom stereocenters. The highest BCUT2D eigenvalue weighted by molar-refractivity contribution is 5.94. The molecule has 4 nitrogen and oxygen atoms in total. The van der Waals surface area contributed by atoms with E-state index in [9.17, 15) is 4.79 Å². The van der Waals surface area contributed by atoms with Crippen molar-refractivity contribution < 1.29 is 9.53 Å². The van der Waals surface area contributed by atoms with E-state index in [-0.39, 0.29) is 5.91 Å². The number of rotatable bonds is 7. The Morgan fingerprint density at radius 1 is 1.24 bits per heavy atom. The van der Waals surface area contributed by atoms with E-state index < -0.39 is 0 Å². The van der Waals surface area contributed by atoms with Crippen LogP contribution in [-0.2, 0) is 4.74 Å². The third-order valence-corrected chi connectivity index (χ3v) is 3.63. The van der Waals surface area contributed by atoms with Crippen molar-refractivity contribution in [1.82, 2.24) is 10.3 Å². The largest absolute Gasteiger partial charge is 0.381 e. The number of benzene rings is 1. The highest BCUT2D eigenvalue weighted by Crippen LogP contribution is 2.28. The van der Waals surface area contributed by atoms with Gasteiger partial charge < -0.3 is 10.1 Å². The standard InChI is InChI=1S/C17H20N2O2/c20-17(18-10-3-11-21-12-13-6-7-13)16-9-8-14-4-1-2-5-15(14)19-16/h1-2,4-5,8-9,13H,3,6-7,10-12H2,(H,18,20). The van der Waals surface area contributed by atoms with Crippen LogP contribution >= 0.6 is 0 Å². The van der Waals surface area contributed by atoms with Crippen LogP contribution in [0, 0.1) is 5.92 Å². The van der Waals surface area contributed by atoms with Gasteiger partial charge in [0.15, 0.2) is 0 Å². The number of fused-ring (bicyclic) bond motifs is 1. The van der Waals surface area contributed by atoms with E-state index in [0.717, 1.165) is 29.8 Å². The van der Waals surface area contributed by atoms with Crippen LogP contribution < -0.4 is 5.32 Å². The molecule has 1 aromatic heterocycles. The average Bonchev–Trinajstić information content (AvgIpc) is 3.34. The zero-order valence-corrected chi connectivity index (χ0v) is 12.0. The van der Waals surface area contributed by atoms with Gasteiger partial charge in [0.2, 0.25) is 0 Å². The molecule has 1 aliphatic carbocycles. The van der Waals surface area contributed by atoms with Crippen LogP contribution in [0.2, 0.25) is 0 Å². The topological polar surface area (TPSA) is 51.2 Å². The second-order valence-electron chi connectivity index (χ2n) is 5.52. The monoisotopic (exact) mass is 284 g/mol. The van der Waals surface area contributed by atoms with Crippen molar-refractivity contribution in [3.63, 3.8) is 0 Å². The van der Waals surface area contributed by atoms with Crippen molar-refractivity contribution >= 4 is 16.8 Å². The van der Waals surface area contributed by atoms with Gasteiger partial charge in [-0.1, -0.05) is 24.3 Å². The Morgan fingerprint density at radius 2 is 2.10 bits per heavy atom. The first-order chi connectivity index (χ1) is 10.3. The van der Waals surface area contributed by atoms with Gasteiger partial charge >= 0.3 is 0 Å². The maximum Gasteiger partial charge on any atom is 0.269 e. The van der Waals surface area contributed by atoms with Crippen LogP contribution in [0.1, 0.15) is 29.8 Å². The predicted octanol–water partition coefficient (Wildman–Crippen LogP) is 2.78. The Labute approximate surface area is 124 Å². The number of nitrogens with zero attached hydrogens (tertiary/aromatic N) is 1. The Bertz CT molecular complexity index is 623. The van der Waals surface area contributed by atoms with E-state index in [1.54, 1.807) is 6.07 Å². The Morgan fingerprint density at radius 3 is 2.95 bits per heavy atom. The molecule has 1 aromatic carbocycles. The lowest BCUT2D eigenvalue weighted by molar-refractivity contribution is 0.0933. The molecule has 1 aliphatic rings. The zero-order chi connectivity index (χ0) is 14.5. The van der Waals surface area contributed by atoms with E-state index in [1.165, 1.54) is 12.8 Å². The molecule has 0 atom stereocenters. The normalized spacial score (nSPS) is 14.3. The number of aromatic nitrogens is 1. The summed E-state index contributed by atoms with van der Waals surface area (Å²) < 4.78 is 5.54. The van der Waals surface area contributed by atoms with Gasteiger partial charge in [-0.3, -0.25) is 4.79 Å². The number of hydrogen-bond acceptors (Lipinski definition) is 3. The lowest BCUT2D eigenvalue weighted by Crippen LogP contribution is -2.26. The van der Waals surface area contributed by atoms with Crippen molar-refractivity contribution in [3.8, 4) is 0 Å². The summed E-state index contributed by atoms with van der Waals surface area (Å²) in [4.78, 5) is 16.4. The van der Waals surface area contributed by atoms with E-state index in [1.807, 2.05) is 30.3 Å².